The number of amides is 1. The second-order valence-electron chi connectivity index (χ2n) is 6.77. The summed E-state index contributed by atoms with van der Waals surface area (Å²) in [6, 6.07) is 8.73. The van der Waals surface area contributed by atoms with Crippen molar-refractivity contribution in [2.24, 2.45) is 0 Å². The maximum absolute atomic E-state index is 13.7. The average Bonchev–Trinajstić information content (AvgIpc) is 3.21. The molecule has 2 aromatic heterocycles. The van der Waals surface area contributed by atoms with E-state index in [1.54, 1.807) is 19.1 Å². The fourth-order valence-corrected chi connectivity index (χ4v) is 2.99. The molecule has 0 fully saturated rings. The fourth-order valence-electron chi connectivity index (χ4n) is 2.99. The molecule has 164 valence electrons. The third-order valence-corrected chi connectivity index (χ3v) is 4.52. The summed E-state index contributed by atoms with van der Waals surface area (Å²) in [6.45, 7) is 1.16. The van der Waals surface area contributed by atoms with Crippen molar-refractivity contribution in [1.29, 1.82) is 0 Å². The van der Waals surface area contributed by atoms with Crippen LogP contribution < -0.4 is 15.7 Å². The summed E-state index contributed by atoms with van der Waals surface area (Å²) in [4.78, 5) is 23.9. The van der Waals surface area contributed by atoms with E-state index in [9.17, 15) is 27.2 Å². The smallest absolute Gasteiger partial charge is 0.336 e. The number of benzene rings is 2. The van der Waals surface area contributed by atoms with Crippen LogP contribution >= 0.6 is 0 Å². The van der Waals surface area contributed by atoms with Crippen LogP contribution in [0.25, 0.3) is 11.0 Å². The average molecular weight is 447 g/mol. The Morgan fingerprint density at radius 2 is 1.69 bits per heavy atom. The van der Waals surface area contributed by atoms with Crippen molar-refractivity contribution >= 4 is 22.6 Å². The molecule has 1 N–H and O–H groups in total. The molecule has 32 heavy (non-hydrogen) atoms. The lowest BCUT2D eigenvalue weighted by molar-refractivity contribution is 0.0992. The number of hydrogen-bond donors (Lipinski definition) is 1. The minimum atomic E-state index is -1.69. The molecule has 0 aliphatic heterocycles. The minimum absolute atomic E-state index is 0.0289. The van der Waals surface area contributed by atoms with Gasteiger partial charge < -0.3 is 18.9 Å². The number of carbonyl (C=O) groups is 1. The van der Waals surface area contributed by atoms with Gasteiger partial charge in [0, 0.05) is 29.3 Å². The van der Waals surface area contributed by atoms with E-state index in [0.717, 1.165) is 5.56 Å². The van der Waals surface area contributed by atoms with E-state index < -0.39 is 47.2 Å². The van der Waals surface area contributed by atoms with Crippen molar-refractivity contribution in [3.05, 3.63) is 93.2 Å². The first-order valence-electron chi connectivity index (χ1n) is 9.13. The van der Waals surface area contributed by atoms with E-state index in [0.29, 0.717) is 11.1 Å². The van der Waals surface area contributed by atoms with Gasteiger partial charge in [-0.1, -0.05) is 0 Å². The Bertz CT molecular complexity index is 1380. The lowest BCUT2D eigenvalue weighted by Crippen LogP contribution is -2.11. The molecule has 2 aromatic carbocycles. The predicted molar refractivity (Wildman–Crippen MR) is 104 cm³/mol. The van der Waals surface area contributed by atoms with Gasteiger partial charge in [-0.15, -0.1) is 0 Å². The molecular weight excluding hydrogens is 434 g/mol. The summed E-state index contributed by atoms with van der Waals surface area (Å²) in [7, 11) is 0. The van der Waals surface area contributed by atoms with Gasteiger partial charge in [-0.3, -0.25) is 4.79 Å². The second kappa shape index (κ2) is 8.22. The Kier molecular flexibility index (Phi) is 5.43. The van der Waals surface area contributed by atoms with Gasteiger partial charge in [-0.05, 0) is 36.8 Å². The molecule has 0 bridgehead atoms. The van der Waals surface area contributed by atoms with E-state index in [2.05, 4.69) is 5.32 Å². The van der Waals surface area contributed by atoms with Crippen LogP contribution in [0.1, 0.15) is 21.9 Å². The van der Waals surface area contributed by atoms with Crippen LogP contribution in [0.5, 0.6) is 5.75 Å². The van der Waals surface area contributed by atoms with E-state index in [4.69, 9.17) is 13.6 Å². The Morgan fingerprint density at radius 1 is 0.969 bits per heavy atom. The number of fused-ring (bicyclic) bond motifs is 1. The molecule has 1 amide bonds. The topological polar surface area (TPSA) is 81.7 Å². The molecular formula is C22H13F4NO5. The number of ether oxygens (including phenoxy) is 1. The van der Waals surface area contributed by atoms with Crippen molar-refractivity contribution in [2.45, 2.75) is 13.5 Å². The van der Waals surface area contributed by atoms with E-state index >= 15 is 0 Å². The second-order valence-corrected chi connectivity index (χ2v) is 6.77. The van der Waals surface area contributed by atoms with E-state index in [-0.39, 0.29) is 23.2 Å². The molecule has 2 heterocycles. The zero-order valence-corrected chi connectivity index (χ0v) is 16.3. The van der Waals surface area contributed by atoms with Gasteiger partial charge in [0.25, 0.3) is 5.91 Å². The van der Waals surface area contributed by atoms with Gasteiger partial charge in [-0.2, -0.15) is 8.78 Å². The van der Waals surface area contributed by atoms with Gasteiger partial charge in [0.2, 0.25) is 11.6 Å². The van der Waals surface area contributed by atoms with E-state index in [1.807, 2.05) is 0 Å². The number of carbonyl (C=O) groups excluding carboxylic acids is 1. The minimum Gasteiger partial charge on any atom is -0.479 e. The first kappa shape index (κ1) is 21.2. The van der Waals surface area contributed by atoms with Gasteiger partial charge in [0.05, 0.1) is 0 Å². The van der Waals surface area contributed by atoms with Gasteiger partial charge in [0.15, 0.2) is 23.1 Å². The highest BCUT2D eigenvalue weighted by Crippen LogP contribution is 2.27. The fraction of sp³-hybridized carbons (Fsp3) is 0.0909. The number of hydrogen-bond acceptors (Lipinski definition) is 5. The number of halogens is 4. The first-order chi connectivity index (χ1) is 15.2. The quantitative estimate of drug-likeness (QED) is 0.262. The number of anilines is 1. The number of nitrogens with one attached hydrogen (secondary N) is 1. The molecule has 6 nitrogen and oxygen atoms in total. The summed E-state index contributed by atoms with van der Waals surface area (Å²) in [5.41, 5.74) is 0.800. The Labute approximate surface area is 177 Å². The Balaban J connectivity index is 1.48. The summed E-state index contributed by atoms with van der Waals surface area (Å²) < 4.78 is 69.0. The van der Waals surface area contributed by atoms with Crippen LogP contribution in [-0.4, -0.2) is 5.91 Å². The largest absolute Gasteiger partial charge is 0.479 e. The molecule has 0 saturated heterocycles. The van der Waals surface area contributed by atoms with Crippen LogP contribution in [0.2, 0.25) is 0 Å². The molecule has 0 atom stereocenters. The number of aryl methyl sites for hydroxylation is 1. The van der Waals surface area contributed by atoms with Crippen LogP contribution in [0.3, 0.4) is 0 Å². The zero-order chi connectivity index (χ0) is 23.0. The molecule has 0 saturated carbocycles. The Morgan fingerprint density at radius 3 is 2.41 bits per heavy atom. The maximum atomic E-state index is 13.7. The molecule has 4 aromatic rings. The number of rotatable bonds is 5. The van der Waals surface area contributed by atoms with Crippen molar-refractivity contribution in [2.75, 3.05) is 5.32 Å². The molecule has 10 heteroatoms. The van der Waals surface area contributed by atoms with Gasteiger partial charge in [0.1, 0.15) is 18.0 Å². The third kappa shape index (κ3) is 4.07. The summed E-state index contributed by atoms with van der Waals surface area (Å²) in [5, 5.41) is 3.26. The van der Waals surface area contributed by atoms with Crippen LogP contribution in [-0.2, 0) is 6.61 Å². The van der Waals surface area contributed by atoms with Crippen LogP contribution in [0, 0.1) is 30.2 Å². The van der Waals surface area contributed by atoms with Crippen molar-refractivity contribution in [3.8, 4) is 5.75 Å². The third-order valence-electron chi connectivity index (χ3n) is 4.52. The lowest BCUT2D eigenvalue weighted by atomic mass is 10.1. The highest BCUT2D eigenvalue weighted by Gasteiger charge is 2.21. The molecule has 0 aliphatic rings. The normalized spacial score (nSPS) is 11.0. The van der Waals surface area contributed by atoms with Crippen LogP contribution in [0.4, 0.5) is 23.2 Å². The van der Waals surface area contributed by atoms with Crippen molar-refractivity contribution in [1.82, 2.24) is 0 Å². The summed E-state index contributed by atoms with van der Waals surface area (Å²) in [6.07, 6.45) is 0. The Hall–Kier alpha value is -4.08. The van der Waals surface area contributed by atoms with Gasteiger partial charge >= 0.3 is 5.63 Å². The maximum Gasteiger partial charge on any atom is 0.336 e. The first-order valence-corrected chi connectivity index (χ1v) is 9.13. The SMILES string of the molecule is Cc1cc(=O)oc2cc(NC(=O)c3ccc(COc4c(F)c(F)cc(F)c4F)o3)ccc12. The molecule has 0 aliphatic carbocycles. The van der Waals surface area contributed by atoms with Crippen molar-refractivity contribution in [3.63, 3.8) is 0 Å². The molecule has 0 spiro atoms. The monoisotopic (exact) mass is 447 g/mol. The molecule has 0 unspecified atom stereocenters. The highest BCUT2D eigenvalue weighted by molar-refractivity contribution is 6.03. The van der Waals surface area contributed by atoms with Gasteiger partial charge in [-0.25, -0.2) is 13.6 Å². The molecule has 4 rings (SSSR count). The summed E-state index contributed by atoms with van der Waals surface area (Å²) in [5.74, 6) is -8.70. The predicted octanol–water partition coefficient (Wildman–Crippen LogP) is 5.08. The number of furan rings is 1. The lowest BCUT2D eigenvalue weighted by Gasteiger charge is -2.08. The highest BCUT2D eigenvalue weighted by atomic mass is 19.2. The molecule has 0 radical (unpaired) electrons. The van der Waals surface area contributed by atoms with E-state index in [1.165, 1.54) is 24.3 Å². The van der Waals surface area contributed by atoms with Crippen LogP contribution in [0.15, 0.2) is 56.1 Å². The van der Waals surface area contributed by atoms with Crippen molar-refractivity contribution < 1.29 is 35.9 Å². The standard InChI is InChI=1S/C22H13F4NO5/c1-10-6-18(28)32-17-7-11(2-4-13(10)17)27-22(29)16-5-3-12(31-16)9-30-21-19(25)14(23)8-15(24)20(21)26/h2-8H,9H2,1H3,(H,27,29). The zero-order valence-electron chi connectivity index (χ0n) is 16.3. The summed E-state index contributed by atoms with van der Waals surface area (Å²) >= 11 is 0.